The Labute approximate surface area is 97.2 Å². The van der Waals surface area contributed by atoms with Crippen molar-refractivity contribution in [1.29, 1.82) is 0 Å². The van der Waals surface area contributed by atoms with Crippen LogP contribution in [-0.2, 0) is 0 Å². The lowest BCUT2D eigenvalue weighted by atomic mass is 9.85. The highest BCUT2D eigenvalue weighted by Gasteiger charge is 2.15. The average Bonchev–Trinajstić information content (AvgIpc) is 2.29. The van der Waals surface area contributed by atoms with Crippen molar-refractivity contribution in [2.24, 2.45) is 10.4 Å². The minimum absolute atomic E-state index is 0.283. The molecular formula is C15H17N. The van der Waals surface area contributed by atoms with Crippen molar-refractivity contribution in [3.05, 3.63) is 59.8 Å². The van der Waals surface area contributed by atoms with E-state index in [1.807, 2.05) is 24.4 Å². The summed E-state index contributed by atoms with van der Waals surface area (Å²) in [5, 5.41) is 0. The highest BCUT2D eigenvalue weighted by Crippen LogP contribution is 2.28. The summed E-state index contributed by atoms with van der Waals surface area (Å²) in [6, 6.07) is 10.2. The van der Waals surface area contributed by atoms with Gasteiger partial charge in [0.15, 0.2) is 0 Å². The van der Waals surface area contributed by atoms with E-state index >= 15 is 0 Å². The van der Waals surface area contributed by atoms with E-state index in [2.05, 4.69) is 49.2 Å². The third-order valence-electron chi connectivity index (χ3n) is 2.70. The van der Waals surface area contributed by atoms with Crippen LogP contribution in [0.25, 0.3) is 0 Å². The minimum atomic E-state index is 0.283. The van der Waals surface area contributed by atoms with Crippen molar-refractivity contribution in [3.8, 4) is 0 Å². The molecule has 0 aliphatic heterocycles. The SMILES string of the molecule is CC1(C)C=CC(N=Cc2ccccc2)=CC1. The molecule has 0 amide bonds. The van der Waals surface area contributed by atoms with Gasteiger partial charge in [-0.05, 0) is 23.5 Å². The molecule has 0 heterocycles. The number of allylic oxidation sites excluding steroid dienone is 3. The molecular weight excluding hydrogens is 194 g/mol. The smallest absolute Gasteiger partial charge is 0.0587 e. The molecule has 0 spiro atoms. The van der Waals surface area contributed by atoms with Crippen molar-refractivity contribution in [3.63, 3.8) is 0 Å². The zero-order valence-electron chi connectivity index (χ0n) is 9.85. The van der Waals surface area contributed by atoms with Crippen LogP contribution in [0.4, 0.5) is 0 Å². The van der Waals surface area contributed by atoms with Gasteiger partial charge < -0.3 is 0 Å². The molecule has 16 heavy (non-hydrogen) atoms. The van der Waals surface area contributed by atoms with E-state index < -0.39 is 0 Å². The lowest BCUT2D eigenvalue weighted by Crippen LogP contribution is -2.08. The van der Waals surface area contributed by atoms with Crippen LogP contribution in [0, 0.1) is 5.41 Å². The molecule has 2 rings (SSSR count). The van der Waals surface area contributed by atoms with Crippen LogP contribution >= 0.6 is 0 Å². The fourth-order valence-corrected chi connectivity index (χ4v) is 1.60. The molecule has 0 radical (unpaired) electrons. The lowest BCUT2D eigenvalue weighted by Gasteiger charge is -2.21. The van der Waals surface area contributed by atoms with Gasteiger partial charge in [0.2, 0.25) is 0 Å². The fraction of sp³-hybridized carbons (Fsp3) is 0.267. The lowest BCUT2D eigenvalue weighted by molar-refractivity contribution is 0.482. The van der Waals surface area contributed by atoms with Gasteiger partial charge in [0, 0.05) is 6.21 Å². The van der Waals surface area contributed by atoms with E-state index in [0.717, 1.165) is 17.7 Å². The quantitative estimate of drug-likeness (QED) is 0.656. The predicted molar refractivity (Wildman–Crippen MR) is 69.7 cm³/mol. The van der Waals surface area contributed by atoms with Gasteiger partial charge in [-0.1, -0.05) is 56.3 Å². The first-order chi connectivity index (χ1) is 7.66. The maximum Gasteiger partial charge on any atom is 0.0587 e. The molecule has 1 heteroatoms. The third kappa shape index (κ3) is 2.93. The van der Waals surface area contributed by atoms with Crippen LogP contribution in [0.1, 0.15) is 25.8 Å². The Bertz CT molecular complexity index is 436. The Morgan fingerprint density at radius 1 is 1.19 bits per heavy atom. The number of rotatable bonds is 2. The van der Waals surface area contributed by atoms with E-state index in [1.54, 1.807) is 0 Å². The van der Waals surface area contributed by atoms with Gasteiger partial charge in [-0.3, -0.25) is 4.99 Å². The summed E-state index contributed by atoms with van der Waals surface area (Å²) in [6.45, 7) is 4.47. The molecule has 0 saturated heterocycles. The zero-order valence-corrected chi connectivity index (χ0v) is 9.85. The van der Waals surface area contributed by atoms with Crippen molar-refractivity contribution in [1.82, 2.24) is 0 Å². The van der Waals surface area contributed by atoms with E-state index in [4.69, 9.17) is 0 Å². The summed E-state index contributed by atoms with van der Waals surface area (Å²) in [5.41, 5.74) is 2.48. The van der Waals surface area contributed by atoms with Gasteiger partial charge in [-0.25, -0.2) is 0 Å². The second-order valence-corrected chi connectivity index (χ2v) is 4.82. The molecule has 1 nitrogen and oxygen atoms in total. The Balaban J connectivity index is 2.05. The molecule has 0 atom stereocenters. The Kier molecular flexibility index (Phi) is 3.04. The number of benzene rings is 1. The highest BCUT2D eigenvalue weighted by atomic mass is 14.7. The second-order valence-electron chi connectivity index (χ2n) is 4.82. The molecule has 0 fully saturated rings. The summed E-state index contributed by atoms with van der Waals surface area (Å²) in [6.07, 6.45) is 9.49. The predicted octanol–water partition coefficient (Wildman–Crippen LogP) is 3.98. The zero-order chi connectivity index (χ0) is 11.4. The number of nitrogens with zero attached hydrogens (tertiary/aromatic N) is 1. The van der Waals surface area contributed by atoms with Crippen molar-refractivity contribution in [2.45, 2.75) is 20.3 Å². The fourth-order valence-electron chi connectivity index (χ4n) is 1.60. The average molecular weight is 211 g/mol. The highest BCUT2D eigenvalue weighted by molar-refractivity contribution is 5.80. The van der Waals surface area contributed by atoms with Crippen LogP contribution < -0.4 is 0 Å². The summed E-state index contributed by atoms with van der Waals surface area (Å²) in [4.78, 5) is 4.47. The summed E-state index contributed by atoms with van der Waals surface area (Å²) in [7, 11) is 0. The monoisotopic (exact) mass is 211 g/mol. The van der Waals surface area contributed by atoms with Crippen LogP contribution in [0.5, 0.6) is 0 Å². The van der Waals surface area contributed by atoms with E-state index in [9.17, 15) is 0 Å². The minimum Gasteiger partial charge on any atom is -0.257 e. The van der Waals surface area contributed by atoms with E-state index in [1.165, 1.54) is 0 Å². The van der Waals surface area contributed by atoms with Gasteiger partial charge >= 0.3 is 0 Å². The molecule has 0 saturated carbocycles. The van der Waals surface area contributed by atoms with Crippen LogP contribution in [0.3, 0.4) is 0 Å². The van der Waals surface area contributed by atoms with Crippen LogP contribution in [0.2, 0.25) is 0 Å². The molecule has 0 bridgehead atoms. The topological polar surface area (TPSA) is 12.4 Å². The molecule has 82 valence electrons. The molecule has 1 aromatic carbocycles. The summed E-state index contributed by atoms with van der Waals surface area (Å²) < 4.78 is 0. The first kappa shape index (κ1) is 10.9. The van der Waals surface area contributed by atoms with Gasteiger partial charge in [-0.2, -0.15) is 0 Å². The standard InChI is InChI=1S/C15H17N/c1-15(2)10-8-14(9-11-15)16-12-13-6-4-3-5-7-13/h3-10,12H,11H2,1-2H3. The maximum atomic E-state index is 4.47. The Morgan fingerprint density at radius 3 is 2.56 bits per heavy atom. The number of hydrogen-bond donors (Lipinski definition) is 0. The molecule has 0 unspecified atom stereocenters. The molecule has 0 aromatic heterocycles. The third-order valence-corrected chi connectivity index (χ3v) is 2.70. The second kappa shape index (κ2) is 4.48. The normalized spacial score (nSPS) is 18.8. The van der Waals surface area contributed by atoms with Gasteiger partial charge in [-0.15, -0.1) is 0 Å². The van der Waals surface area contributed by atoms with E-state index in [-0.39, 0.29) is 5.41 Å². The maximum absolute atomic E-state index is 4.47. The Morgan fingerprint density at radius 2 is 1.94 bits per heavy atom. The van der Waals surface area contributed by atoms with Crippen molar-refractivity contribution < 1.29 is 0 Å². The summed E-state index contributed by atoms with van der Waals surface area (Å²) >= 11 is 0. The first-order valence-corrected chi connectivity index (χ1v) is 5.64. The van der Waals surface area contributed by atoms with Crippen molar-refractivity contribution in [2.75, 3.05) is 0 Å². The van der Waals surface area contributed by atoms with Gasteiger partial charge in [0.05, 0.1) is 5.70 Å². The summed E-state index contributed by atoms with van der Waals surface area (Å²) in [5.74, 6) is 0. The molecule has 1 aliphatic carbocycles. The molecule has 0 N–H and O–H groups in total. The molecule has 1 aromatic rings. The Hall–Kier alpha value is -1.63. The number of hydrogen-bond acceptors (Lipinski definition) is 1. The van der Waals surface area contributed by atoms with Crippen molar-refractivity contribution >= 4 is 6.21 Å². The largest absolute Gasteiger partial charge is 0.257 e. The van der Waals surface area contributed by atoms with Gasteiger partial charge in [0.1, 0.15) is 0 Å². The van der Waals surface area contributed by atoms with E-state index in [0.29, 0.717) is 0 Å². The van der Waals surface area contributed by atoms with Crippen LogP contribution in [-0.4, -0.2) is 6.21 Å². The van der Waals surface area contributed by atoms with Crippen LogP contribution in [0.15, 0.2) is 59.2 Å². The van der Waals surface area contributed by atoms with Gasteiger partial charge in [0.25, 0.3) is 0 Å². The first-order valence-electron chi connectivity index (χ1n) is 5.64. The number of aliphatic imine (C=N–C) groups is 1. The molecule has 1 aliphatic rings.